The van der Waals surface area contributed by atoms with Crippen molar-refractivity contribution in [1.82, 2.24) is 0 Å². The monoisotopic (exact) mass is 326 g/mol. The predicted octanol–water partition coefficient (Wildman–Crippen LogP) is 3.24. The molecule has 5 heteroatoms. The lowest BCUT2D eigenvalue weighted by Crippen LogP contribution is -2.46. The van der Waals surface area contributed by atoms with Crippen LogP contribution in [-0.4, -0.2) is 25.2 Å². The molecule has 0 aliphatic carbocycles. The summed E-state index contributed by atoms with van der Waals surface area (Å²) in [6.07, 6.45) is 0.932. The highest BCUT2D eigenvalue weighted by Crippen LogP contribution is 2.36. The van der Waals surface area contributed by atoms with E-state index in [-0.39, 0.29) is 5.91 Å². The first-order chi connectivity index (χ1) is 11.7. The van der Waals surface area contributed by atoms with Crippen LogP contribution >= 0.6 is 0 Å². The van der Waals surface area contributed by atoms with E-state index in [1.165, 1.54) is 0 Å². The number of nitrogens with two attached hydrogens (primary N) is 1. The van der Waals surface area contributed by atoms with Gasteiger partial charge >= 0.3 is 0 Å². The maximum absolute atomic E-state index is 12.6. The van der Waals surface area contributed by atoms with Crippen molar-refractivity contribution in [2.75, 3.05) is 23.8 Å². The Morgan fingerprint density at radius 2 is 2.00 bits per heavy atom. The van der Waals surface area contributed by atoms with E-state index < -0.39 is 6.10 Å². The molecular formula is C19H22N2O3. The molecule has 5 nitrogen and oxygen atoms in total. The van der Waals surface area contributed by atoms with E-state index in [9.17, 15) is 4.79 Å². The second kappa shape index (κ2) is 7.25. The van der Waals surface area contributed by atoms with E-state index >= 15 is 0 Å². The quantitative estimate of drug-likeness (QED) is 0.654. The molecule has 1 aliphatic rings. The zero-order chi connectivity index (χ0) is 16.9. The number of carbonyl (C=O) groups is 1. The van der Waals surface area contributed by atoms with Crippen molar-refractivity contribution < 1.29 is 14.3 Å². The molecule has 1 heterocycles. The van der Waals surface area contributed by atoms with Crippen LogP contribution in [0.3, 0.4) is 0 Å². The van der Waals surface area contributed by atoms with Gasteiger partial charge in [0.15, 0.2) is 6.10 Å². The molecule has 24 heavy (non-hydrogen) atoms. The fourth-order valence-corrected chi connectivity index (χ4v) is 2.76. The molecule has 0 saturated carbocycles. The van der Waals surface area contributed by atoms with Gasteiger partial charge in [-0.3, -0.25) is 4.79 Å². The summed E-state index contributed by atoms with van der Waals surface area (Å²) in [6.45, 7) is 3.06. The lowest BCUT2D eigenvalue weighted by Gasteiger charge is -2.34. The van der Waals surface area contributed by atoms with Crippen LogP contribution < -0.4 is 20.1 Å². The number of amides is 1. The van der Waals surface area contributed by atoms with Crippen LogP contribution in [0.5, 0.6) is 11.5 Å². The Bertz CT molecular complexity index is 703. The van der Waals surface area contributed by atoms with E-state index in [4.69, 9.17) is 15.2 Å². The first-order valence-electron chi connectivity index (χ1n) is 8.24. The van der Waals surface area contributed by atoms with Gasteiger partial charge < -0.3 is 20.1 Å². The maximum atomic E-state index is 12.6. The Morgan fingerprint density at radius 1 is 1.21 bits per heavy atom. The maximum Gasteiger partial charge on any atom is 0.268 e. The van der Waals surface area contributed by atoms with Crippen LogP contribution in [0, 0.1) is 0 Å². The minimum atomic E-state index is -0.434. The predicted molar refractivity (Wildman–Crippen MR) is 94.5 cm³/mol. The average Bonchev–Trinajstić information content (AvgIpc) is 2.61. The number of ether oxygens (including phenoxy) is 2. The third-order valence-corrected chi connectivity index (χ3v) is 3.99. The van der Waals surface area contributed by atoms with Crippen LogP contribution in [0.2, 0.25) is 0 Å². The average molecular weight is 326 g/mol. The normalized spacial score (nSPS) is 16.5. The van der Waals surface area contributed by atoms with E-state index in [2.05, 4.69) is 0 Å². The van der Waals surface area contributed by atoms with E-state index in [1.807, 2.05) is 43.3 Å². The number of fused-ring (bicyclic) bond motifs is 1. The van der Waals surface area contributed by atoms with Crippen molar-refractivity contribution in [2.45, 2.75) is 25.9 Å². The molecule has 0 bridgehead atoms. The van der Waals surface area contributed by atoms with Crippen molar-refractivity contribution in [1.29, 1.82) is 0 Å². The van der Waals surface area contributed by atoms with Gasteiger partial charge in [0.05, 0.1) is 12.3 Å². The molecule has 1 atom stereocenters. The third kappa shape index (κ3) is 3.45. The fourth-order valence-electron chi connectivity index (χ4n) is 2.76. The van der Waals surface area contributed by atoms with Gasteiger partial charge in [-0.05, 0) is 43.2 Å². The largest absolute Gasteiger partial charge is 0.494 e. The number of benzene rings is 2. The van der Waals surface area contributed by atoms with Gasteiger partial charge in [-0.2, -0.15) is 0 Å². The highest BCUT2D eigenvalue weighted by atomic mass is 16.5. The molecule has 0 spiro atoms. The lowest BCUT2D eigenvalue weighted by molar-refractivity contribution is -0.126. The van der Waals surface area contributed by atoms with Gasteiger partial charge in [0.2, 0.25) is 0 Å². The number of anilines is 2. The lowest BCUT2D eigenvalue weighted by atomic mass is 10.1. The number of hydrogen-bond acceptors (Lipinski definition) is 4. The Balaban J connectivity index is 1.67. The summed E-state index contributed by atoms with van der Waals surface area (Å²) in [5.41, 5.74) is 7.23. The highest BCUT2D eigenvalue weighted by molar-refractivity contribution is 6.00. The summed E-state index contributed by atoms with van der Waals surface area (Å²) in [5, 5.41) is 0. The van der Waals surface area contributed by atoms with Gasteiger partial charge in [0.25, 0.3) is 5.91 Å². The van der Waals surface area contributed by atoms with Gasteiger partial charge in [-0.1, -0.05) is 25.1 Å². The van der Waals surface area contributed by atoms with Gasteiger partial charge in [-0.25, -0.2) is 0 Å². The third-order valence-electron chi connectivity index (χ3n) is 3.99. The Morgan fingerprint density at radius 3 is 2.75 bits per heavy atom. The summed E-state index contributed by atoms with van der Waals surface area (Å²) >= 11 is 0. The summed E-state index contributed by atoms with van der Waals surface area (Å²) in [7, 11) is 0. The fraction of sp³-hybridized carbons (Fsp3) is 0.316. The number of rotatable bonds is 6. The number of carbonyl (C=O) groups excluding carboxylic acids is 1. The standard InChI is InChI=1S/C19H22N2O3/c1-2-17-19(22)21(16-13-14(20)9-10-18(16)24-17)11-6-12-23-15-7-4-3-5-8-15/h3-5,7-10,13,17H,2,6,11-12,20H2,1H3. The number of nitrogens with zero attached hydrogens (tertiary/aromatic N) is 1. The Labute approximate surface area is 142 Å². The van der Waals surface area contributed by atoms with Crippen molar-refractivity contribution in [2.24, 2.45) is 0 Å². The molecule has 2 aromatic carbocycles. The van der Waals surface area contributed by atoms with Crippen molar-refractivity contribution in [3.05, 3.63) is 48.5 Å². The molecule has 1 unspecified atom stereocenters. The summed E-state index contributed by atoms with van der Waals surface area (Å²) < 4.78 is 11.5. The van der Waals surface area contributed by atoms with Gasteiger partial charge in [0, 0.05) is 12.2 Å². The molecular weight excluding hydrogens is 304 g/mol. The first kappa shape index (κ1) is 16.2. The molecule has 126 valence electrons. The van der Waals surface area contributed by atoms with E-state index in [0.29, 0.717) is 31.0 Å². The highest BCUT2D eigenvalue weighted by Gasteiger charge is 2.32. The first-order valence-corrected chi connectivity index (χ1v) is 8.24. The van der Waals surface area contributed by atoms with Crippen LogP contribution in [-0.2, 0) is 4.79 Å². The zero-order valence-corrected chi connectivity index (χ0v) is 13.8. The minimum Gasteiger partial charge on any atom is -0.494 e. The minimum absolute atomic E-state index is 0.0182. The molecule has 1 aliphatic heterocycles. The number of nitrogen functional groups attached to an aromatic ring is 1. The molecule has 0 radical (unpaired) electrons. The van der Waals surface area contributed by atoms with Crippen LogP contribution in [0.15, 0.2) is 48.5 Å². The molecule has 0 saturated heterocycles. The van der Waals surface area contributed by atoms with Gasteiger partial charge in [0.1, 0.15) is 11.5 Å². The summed E-state index contributed by atoms with van der Waals surface area (Å²) in [6, 6.07) is 15.1. The van der Waals surface area contributed by atoms with E-state index in [0.717, 1.165) is 17.9 Å². The topological polar surface area (TPSA) is 64.8 Å². The van der Waals surface area contributed by atoms with Crippen LogP contribution in [0.1, 0.15) is 19.8 Å². The van der Waals surface area contributed by atoms with Crippen molar-refractivity contribution in [3.63, 3.8) is 0 Å². The summed E-state index contributed by atoms with van der Waals surface area (Å²) in [4.78, 5) is 14.4. The van der Waals surface area contributed by atoms with E-state index in [1.54, 1.807) is 17.0 Å². The van der Waals surface area contributed by atoms with Crippen molar-refractivity contribution >= 4 is 17.3 Å². The SMILES string of the molecule is CCC1Oc2ccc(N)cc2N(CCCOc2ccccc2)C1=O. The molecule has 1 amide bonds. The second-order valence-electron chi connectivity index (χ2n) is 5.75. The molecule has 0 aromatic heterocycles. The molecule has 3 rings (SSSR count). The molecule has 2 N–H and O–H groups in total. The molecule has 2 aromatic rings. The van der Waals surface area contributed by atoms with Crippen molar-refractivity contribution in [3.8, 4) is 11.5 Å². The second-order valence-corrected chi connectivity index (χ2v) is 5.75. The number of hydrogen-bond donors (Lipinski definition) is 1. The van der Waals surface area contributed by atoms with Crippen LogP contribution in [0.25, 0.3) is 0 Å². The molecule has 0 fully saturated rings. The Kier molecular flexibility index (Phi) is 4.89. The smallest absolute Gasteiger partial charge is 0.268 e. The Hall–Kier alpha value is -2.69. The van der Waals surface area contributed by atoms with Crippen LogP contribution in [0.4, 0.5) is 11.4 Å². The number of para-hydroxylation sites is 1. The van der Waals surface area contributed by atoms with Gasteiger partial charge in [-0.15, -0.1) is 0 Å². The summed E-state index contributed by atoms with van der Waals surface area (Å²) in [5.74, 6) is 1.52. The zero-order valence-electron chi connectivity index (χ0n) is 13.8.